The Morgan fingerprint density at radius 1 is 1.60 bits per heavy atom. The summed E-state index contributed by atoms with van der Waals surface area (Å²) < 4.78 is 0.729. The summed E-state index contributed by atoms with van der Waals surface area (Å²) in [7, 11) is 0. The van der Waals surface area contributed by atoms with E-state index in [1.165, 1.54) is 6.07 Å². The molecule has 4 heteroatoms. The van der Waals surface area contributed by atoms with Crippen molar-refractivity contribution in [1.82, 2.24) is 4.98 Å². The van der Waals surface area contributed by atoms with E-state index in [4.69, 9.17) is 11.6 Å². The fourth-order valence-corrected chi connectivity index (χ4v) is 1.56. The molecule has 0 unspecified atom stereocenters. The molecule has 10 heavy (non-hydrogen) atoms. The summed E-state index contributed by atoms with van der Waals surface area (Å²) in [5, 5.41) is 0.543. The molecule has 0 spiro atoms. The van der Waals surface area contributed by atoms with Crippen LogP contribution < -0.4 is 0 Å². The molecule has 0 bridgehead atoms. The second-order valence-electron chi connectivity index (χ2n) is 1.65. The summed E-state index contributed by atoms with van der Waals surface area (Å²) in [6.07, 6.45) is 0.675. The van der Waals surface area contributed by atoms with Gasteiger partial charge >= 0.3 is 0 Å². The highest BCUT2D eigenvalue weighted by molar-refractivity contribution is 14.1. The number of nitrogens with zero attached hydrogens (tertiary/aromatic N) is 1. The number of carbonyl (C=O) groups is 1. The van der Waals surface area contributed by atoms with Crippen LogP contribution in [0.25, 0.3) is 0 Å². The zero-order valence-corrected chi connectivity index (χ0v) is 7.76. The predicted octanol–water partition coefficient (Wildman–Crippen LogP) is 2.15. The molecule has 2 nitrogen and oxygen atoms in total. The van der Waals surface area contributed by atoms with Crippen molar-refractivity contribution >= 4 is 40.5 Å². The normalized spacial score (nSPS) is 9.40. The average Bonchev–Trinajstić information content (AvgIpc) is 1.85. The van der Waals surface area contributed by atoms with E-state index < -0.39 is 0 Å². The molecule has 1 aromatic rings. The molecule has 0 aliphatic carbocycles. The molecule has 1 heterocycles. The van der Waals surface area contributed by atoms with Crippen LogP contribution in [0.15, 0.2) is 12.1 Å². The monoisotopic (exact) mass is 267 g/mol. The topological polar surface area (TPSA) is 30.0 Å². The van der Waals surface area contributed by atoms with Gasteiger partial charge in [0.05, 0.1) is 0 Å². The van der Waals surface area contributed by atoms with Crippen LogP contribution in [0, 0.1) is 3.70 Å². The van der Waals surface area contributed by atoms with Crippen LogP contribution in [-0.2, 0) is 0 Å². The first-order chi connectivity index (χ1) is 4.72. The number of aromatic nitrogens is 1. The molecule has 1 rings (SSSR count). The van der Waals surface area contributed by atoms with Gasteiger partial charge < -0.3 is 0 Å². The van der Waals surface area contributed by atoms with Crippen molar-refractivity contribution in [2.24, 2.45) is 0 Å². The molecular weight excluding hydrogens is 264 g/mol. The fourth-order valence-electron chi connectivity index (χ4n) is 0.545. The number of hydrogen-bond donors (Lipinski definition) is 0. The van der Waals surface area contributed by atoms with E-state index in [-0.39, 0.29) is 0 Å². The maximum absolute atomic E-state index is 10.2. The first-order valence-electron chi connectivity index (χ1n) is 2.50. The maximum atomic E-state index is 10.2. The molecule has 52 valence electrons. The van der Waals surface area contributed by atoms with Crippen molar-refractivity contribution in [3.8, 4) is 0 Å². The molecule has 0 N–H and O–H groups in total. The minimum Gasteiger partial charge on any atom is -0.296 e. The van der Waals surface area contributed by atoms with Gasteiger partial charge in [-0.15, -0.1) is 0 Å². The molecule has 0 aliphatic heterocycles. The number of halogens is 2. The van der Waals surface area contributed by atoms with E-state index in [0.717, 1.165) is 3.70 Å². The third-order valence-electron chi connectivity index (χ3n) is 0.899. The van der Waals surface area contributed by atoms with Crippen LogP contribution in [0.5, 0.6) is 0 Å². The van der Waals surface area contributed by atoms with Gasteiger partial charge in [0.15, 0.2) is 6.29 Å². The molecule has 0 amide bonds. The van der Waals surface area contributed by atoms with Gasteiger partial charge in [0.2, 0.25) is 0 Å². The van der Waals surface area contributed by atoms with E-state index in [1.807, 2.05) is 22.6 Å². The Kier molecular flexibility index (Phi) is 2.62. The predicted molar refractivity (Wildman–Crippen MR) is 47.4 cm³/mol. The summed E-state index contributed by atoms with van der Waals surface area (Å²) in [6.45, 7) is 0. The van der Waals surface area contributed by atoms with E-state index >= 15 is 0 Å². The van der Waals surface area contributed by atoms with Crippen molar-refractivity contribution in [1.29, 1.82) is 0 Å². The Morgan fingerprint density at radius 2 is 2.30 bits per heavy atom. The van der Waals surface area contributed by atoms with E-state index in [2.05, 4.69) is 4.98 Å². The standard InChI is InChI=1S/C6H3ClINO/c7-4-1-5(3-10)9-6(8)2-4/h1-3H. The Morgan fingerprint density at radius 3 is 2.80 bits per heavy atom. The van der Waals surface area contributed by atoms with E-state index in [0.29, 0.717) is 17.0 Å². The molecule has 0 atom stereocenters. The lowest BCUT2D eigenvalue weighted by Gasteiger charge is -1.92. The summed E-state index contributed by atoms with van der Waals surface area (Å²) in [4.78, 5) is 14.1. The third kappa shape index (κ3) is 1.91. The molecule has 0 aliphatic rings. The molecule has 0 fully saturated rings. The van der Waals surface area contributed by atoms with Gasteiger partial charge in [0, 0.05) is 5.02 Å². The van der Waals surface area contributed by atoms with Crippen LogP contribution in [0.1, 0.15) is 10.5 Å². The number of hydrogen-bond acceptors (Lipinski definition) is 2. The van der Waals surface area contributed by atoms with Crippen LogP contribution in [0.4, 0.5) is 0 Å². The minimum absolute atomic E-state index is 0.372. The van der Waals surface area contributed by atoms with Gasteiger partial charge in [-0.1, -0.05) is 11.6 Å². The fraction of sp³-hybridized carbons (Fsp3) is 0. The van der Waals surface area contributed by atoms with Gasteiger partial charge in [0.25, 0.3) is 0 Å². The summed E-state index contributed by atoms with van der Waals surface area (Å²) in [5.74, 6) is 0. The van der Waals surface area contributed by atoms with Gasteiger partial charge in [-0.05, 0) is 34.7 Å². The van der Waals surface area contributed by atoms with Crippen LogP contribution >= 0.6 is 34.2 Å². The lowest BCUT2D eigenvalue weighted by Crippen LogP contribution is -1.88. The average molecular weight is 267 g/mol. The second kappa shape index (κ2) is 3.30. The van der Waals surface area contributed by atoms with Crippen molar-refractivity contribution in [2.45, 2.75) is 0 Å². The Bertz CT molecular complexity index is 244. The largest absolute Gasteiger partial charge is 0.296 e. The molecule has 0 radical (unpaired) electrons. The summed E-state index contributed by atoms with van der Waals surface area (Å²) in [6, 6.07) is 3.21. The highest BCUT2D eigenvalue weighted by atomic mass is 127. The molecule has 0 aromatic carbocycles. The number of pyridine rings is 1. The Labute approximate surface area is 76.7 Å². The highest BCUT2D eigenvalue weighted by Gasteiger charge is 1.95. The SMILES string of the molecule is O=Cc1cc(Cl)cc(I)n1. The lowest BCUT2D eigenvalue weighted by molar-refractivity contribution is 0.111. The van der Waals surface area contributed by atoms with Gasteiger partial charge in [-0.3, -0.25) is 4.79 Å². The van der Waals surface area contributed by atoms with E-state index in [1.54, 1.807) is 6.07 Å². The van der Waals surface area contributed by atoms with Gasteiger partial charge in [-0.25, -0.2) is 4.98 Å². The Balaban J connectivity index is 3.18. The van der Waals surface area contributed by atoms with Crippen molar-refractivity contribution < 1.29 is 4.79 Å². The Hall–Kier alpha value is -0.160. The third-order valence-corrected chi connectivity index (χ3v) is 1.67. The number of aldehydes is 1. The second-order valence-corrected chi connectivity index (χ2v) is 3.19. The summed E-state index contributed by atoms with van der Waals surface area (Å²) in [5.41, 5.74) is 0.372. The van der Waals surface area contributed by atoms with Crippen molar-refractivity contribution in [3.05, 3.63) is 26.5 Å². The highest BCUT2D eigenvalue weighted by Crippen LogP contribution is 2.11. The van der Waals surface area contributed by atoms with Crippen molar-refractivity contribution in [2.75, 3.05) is 0 Å². The molecular formula is C6H3ClINO. The van der Waals surface area contributed by atoms with Crippen LogP contribution in [0.3, 0.4) is 0 Å². The molecule has 1 aromatic heterocycles. The van der Waals surface area contributed by atoms with Crippen LogP contribution in [-0.4, -0.2) is 11.3 Å². The zero-order valence-electron chi connectivity index (χ0n) is 4.84. The lowest BCUT2D eigenvalue weighted by atomic mass is 10.4. The van der Waals surface area contributed by atoms with Gasteiger partial charge in [-0.2, -0.15) is 0 Å². The van der Waals surface area contributed by atoms with Gasteiger partial charge in [0.1, 0.15) is 9.39 Å². The number of rotatable bonds is 1. The zero-order chi connectivity index (χ0) is 7.56. The first-order valence-corrected chi connectivity index (χ1v) is 3.96. The maximum Gasteiger partial charge on any atom is 0.168 e. The minimum atomic E-state index is 0.372. The first kappa shape index (κ1) is 7.94. The number of carbonyl (C=O) groups excluding carboxylic acids is 1. The van der Waals surface area contributed by atoms with E-state index in [9.17, 15) is 4.79 Å². The quantitative estimate of drug-likeness (QED) is 0.443. The summed E-state index contributed by atoms with van der Waals surface area (Å²) >= 11 is 7.63. The molecule has 0 saturated carbocycles. The van der Waals surface area contributed by atoms with Crippen molar-refractivity contribution in [3.63, 3.8) is 0 Å². The molecule has 0 saturated heterocycles. The van der Waals surface area contributed by atoms with Crippen LogP contribution in [0.2, 0.25) is 5.02 Å². The smallest absolute Gasteiger partial charge is 0.168 e.